The highest BCUT2D eigenvalue weighted by Crippen LogP contribution is 2.15. The zero-order valence-corrected chi connectivity index (χ0v) is 12.6. The number of hydrogen-bond donors (Lipinski definition) is 1. The topological polar surface area (TPSA) is 49.0 Å². The Bertz CT molecular complexity index is 168. The molecule has 0 aromatic carbocycles. The summed E-state index contributed by atoms with van der Waals surface area (Å²) in [4.78, 5) is 0. The van der Waals surface area contributed by atoms with Gasteiger partial charge in [-0.15, -0.1) is 0 Å². The molecule has 0 fully saturated rings. The van der Waals surface area contributed by atoms with Crippen LogP contribution in [0.5, 0.6) is 0 Å². The Morgan fingerprint density at radius 1 is 1.00 bits per heavy atom. The number of nitrogens with one attached hydrogen (secondary N) is 1. The molecule has 0 radical (unpaired) electrons. The van der Waals surface area contributed by atoms with Gasteiger partial charge < -0.3 is 23.3 Å². The third kappa shape index (κ3) is 7.85. The molecule has 1 N–H and O–H groups in total. The minimum absolute atomic E-state index is 0.699. The Labute approximate surface area is 106 Å². The fraction of sp³-hybridized carbons (Fsp3) is 1.00. The monoisotopic (exact) mass is 265 g/mol. The summed E-state index contributed by atoms with van der Waals surface area (Å²) in [5.74, 6) is 0. The van der Waals surface area contributed by atoms with Crippen molar-refractivity contribution < 1.29 is 18.0 Å². The average Bonchev–Trinajstić information content (AvgIpc) is 2.38. The highest BCUT2D eigenvalue weighted by atomic mass is 28.4. The molecular formula is C11H27NO4Si. The van der Waals surface area contributed by atoms with E-state index in [0.29, 0.717) is 6.61 Å². The molecule has 0 atom stereocenters. The summed E-state index contributed by atoms with van der Waals surface area (Å²) in [6.45, 7) is 5.33. The van der Waals surface area contributed by atoms with Crippen LogP contribution in [0.15, 0.2) is 0 Å². The van der Waals surface area contributed by atoms with Gasteiger partial charge in [-0.05, 0) is 19.4 Å². The van der Waals surface area contributed by atoms with Crippen molar-refractivity contribution in [3.05, 3.63) is 0 Å². The molecule has 0 unspecified atom stereocenters. The van der Waals surface area contributed by atoms with Gasteiger partial charge in [0.2, 0.25) is 0 Å². The maximum atomic E-state index is 5.75. The number of rotatable bonds is 12. The van der Waals surface area contributed by atoms with E-state index in [4.69, 9.17) is 18.0 Å². The maximum Gasteiger partial charge on any atom is 0.500 e. The molecule has 0 aliphatic heterocycles. The van der Waals surface area contributed by atoms with E-state index in [1.165, 1.54) is 0 Å². The Morgan fingerprint density at radius 3 is 2.24 bits per heavy atom. The lowest BCUT2D eigenvalue weighted by Gasteiger charge is -2.26. The molecule has 0 aromatic rings. The molecule has 0 saturated carbocycles. The normalized spacial score (nSPS) is 12.0. The lowest BCUT2D eigenvalue weighted by molar-refractivity contribution is 0.0977. The summed E-state index contributed by atoms with van der Waals surface area (Å²) in [7, 11) is 2.64. The molecule has 0 aliphatic carbocycles. The minimum Gasteiger partial charge on any atom is -0.383 e. The van der Waals surface area contributed by atoms with Crippen molar-refractivity contribution in [1.29, 1.82) is 0 Å². The lowest BCUT2D eigenvalue weighted by atomic mass is 10.5. The van der Waals surface area contributed by atoms with Gasteiger partial charge in [0.25, 0.3) is 0 Å². The van der Waals surface area contributed by atoms with Crippen LogP contribution in [-0.4, -0.2) is 56.4 Å². The SMILES string of the molecule is CCCO[Si](CCCNCCOC)(OC)OC. The third-order valence-corrected chi connectivity index (χ3v) is 5.32. The standard InChI is InChI=1S/C11H27NO4Si/c1-5-9-16-17(14-3,15-4)11-6-7-12-8-10-13-2/h12H,5-11H2,1-4H3. The van der Waals surface area contributed by atoms with Crippen LogP contribution in [0, 0.1) is 0 Å². The first-order chi connectivity index (χ1) is 8.24. The molecule has 0 spiro atoms. The molecule has 0 aromatic heterocycles. The van der Waals surface area contributed by atoms with Crippen LogP contribution in [0.25, 0.3) is 0 Å². The van der Waals surface area contributed by atoms with Crippen molar-refractivity contribution in [3.8, 4) is 0 Å². The largest absolute Gasteiger partial charge is 0.500 e. The first-order valence-electron chi connectivity index (χ1n) is 6.18. The smallest absolute Gasteiger partial charge is 0.383 e. The predicted octanol–water partition coefficient (Wildman–Crippen LogP) is 1.27. The van der Waals surface area contributed by atoms with E-state index < -0.39 is 8.80 Å². The van der Waals surface area contributed by atoms with Crippen molar-refractivity contribution in [1.82, 2.24) is 5.32 Å². The van der Waals surface area contributed by atoms with Crippen LogP contribution in [-0.2, 0) is 18.0 Å². The van der Waals surface area contributed by atoms with Gasteiger partial charge in [0.05, 0.1) is 6.61 Å². The van der Waals surface area contributed by atoms with Gasteiger partial charge in [0, 0.05) is 40.5 Å². The first kappa shape index (κ1) is 17.0. The van der Waals surface area contributed by atoms with Gasteiger partial charge in [-0.2, -0.15) is 0 Å². The molecule has 5 nitrogen and oxygen atoms in total. The molecule has 0 amide bonds. The summed E-state index contributed by atoms with van der Waals surface area (Å²) in [5, 5.41) is 3.29. The van der Waals surface area contributed by atoms with Gasteiger partial charge in [0.15, 0.2) is 0 Å². The number of ether oxygens (including phenoxy) is 1. The zero-order chi connectivity index (χ0) is 13.0. The van der Waals surface area contributed by atoms with E-state index in [9.17, 15) is 0 Å². The second-order valence-electron chi connectivity index (χ2n) is 3.79. The molecular weight excluding hydrogens is 238 g/mol. The van der Waals surface area contributed by atoms with Crippen LogP contribution in [0.2, 0.25) is 6.04 Å². The predicted molar refractivity (Wildman–Crippen MR) is 70.2 cm³/mol. The summed E-state index contributed by atoms with van der Waals surface area (Å²) >= 11 is 0. The van der Waals surface area contributed by atoms with E-state index in [2.05, 4.69) is 12.2 Å². The van der Waals surface area contributed by atoms with Gasteiger partial charge in [0.1, 0.15) is 0 Å². The maximum absolute atomic E-state index is 5.75. The molecule has 0 bridgehead atoms. The highest BCUT2D eigenvalue weighted by Gasteiger charge is 2.37. The first-order valence-corrected chi connectivity index (χ1v) is 8.11. The van der Waals surface area contributed by atoms with Crippen molar-refractivity contribution in [2.24, 2.45) is 0 Å². The second-order valence-corrected chi connectivity index (χ2v) is 6.76. The van der Waals surface area contributed by atoms with Crippen LogP contribution in [0.1, 0.15) is 19.8 Å². The summed E-state index contributed by atoms with van der Waals surface area (Å²) < 4.78 is 21.6. The van der Waals surface area contributed by atoms with Crippen molar-refractivity contribution in [2.75, 3.05) is 47.6 Å². The van der Waals surface area contributed by atoms with Gasteiger partial charge in [-0.3, -0.25) is 0 Å². The van der Waals surface area contributed by atoms with Gasteiger partial charge in [-0.1, -0.05) is 6.92 Å². The minimum atomic E-state index is -2.40. The van der Waals surface area contributed by atoms with Crippen molar-refractivity contribution >= 4 is 8.80 Å². The Hall–Kier alpha value is 0.0169. The van der Waals surface area contributed by atoms with Crippen LogP contribution in [0.4, 0.5) is 0 Å². The highest BCUT2D eigenvalue weighted by molar-refractivity contribution is 6.60. The summed E-state index contributed by atoms with van der Waals surface area (Å²) in [6.07, 6.45) is 1.97. The second kappa shape index (κ2) is 11.1. The molecule has 6 heteroatoms. The molecule has 17 heavy (non-hydrogen) atoms. The fourth-order valence-corrected chi connectivity index (χ4v) is 3.54. The fourth-order valence-electron chi connectivity index (χ4n) is 1.46. The van der Waals surface area contributed by atoms with E-state index >= 15 is 0 Å². The van der Waals surface area contributed by atoms with E-state index in [1.807, 2.05) is 0 Å². The molecule has 0 aliphatic rings. The lowest BCUT2D eigenvalue weighted by Crippen LogP contribution is -2.44. The average molecular weight is 265 g/mol. The van der Waals surface area contributed by atoms with E-state index in [1.54, 1.807) is 21.3 Å². The summed E-state index contributed by atoms with van der Waals surface area (Å²) in [5.41, 5.74) is 0. The van der Waals surface area contributed by atoms with Crippen molar-refractivity contribution in [2.45, 2.75) is 25.8 Å². The third-order valence-electron chi connectivity index (χ3n) is 2.47. The van der Waals surface area contributed by atoms with Crippen LogP contribution in [0.3, 0.4) is 0 Å². The van der Waals surface area contributed by atoms with Gasteiger partial charge in [-0.25, -0.2) is 0 Å². The number of hydrogen-bond acceptors (Lipinski definition) is 5. The molecule has 0 rings (SSSR count). The van der Waals surface area contributed by atoms with E-state index in [-0.39, 0.29) is 0 Å². The zero-order valence-electron chi connectivity index (χ0n) is 11.6. The Balaban J connectivity index is 3.75. The Kier molecular flexibility index (Phi) is 11.1. The van der Waals surface area contributed by atoms with Gasteiger partial charge >= 0.3 is 8.80 Å². The molecule has 104 valence electrons. The quantitative estimate of drug-likeness (QED) is 0.425. The number of methoxy groups -OCH3 is 1. The van der Waals surface area contributed by atoms with Crippen LogP contribution < -0.4 is 5.32 Å². The molecule has 0 saturated heterocycles. The summed E-state index contributed by atoms with van der Waals surface area (Å²) in [6, 6.07) is 0.847. The molecule has 0 heterocycles. The van der Waals surface area contributed by atoms with Crippen molar-refractivity contribution in [3.63, 3.8) is 0 Å². The van der Waals surface area contributed by atoms with E-state index in [0.717, 1.165) is 38.6 Å². The Morgan fingerprint density at radius 2 is 1.71 bits per heavy atom. The van der Waals surface area contributed by atoms with Crippen LogP contribution >= 0.6 is 0 Å².